The Hall–Kier alpha value is -0.740. The van der Waals surface area contributed by atoms with Gasteiger partial charge in [0.25, 0.3) is 0 Å². The quantitative estimate of drug-likeness (QED) is 0.472. The molecule has 0 saturated carbocycles. The van der Waals surface area contributed by atoms with Crippen molar-refractivity contribution in [1.82, 2.24) is 4.98 Å². The van der Waals surface area contributed by atoms with Gasteiger partial charge in [0.2, 0.25) is 0 Å². The molecule has 1 aromatic rings. The zero-order valence-corrected chi connectivity index (χ0v) is 9.96. The van der Waals surface area contributed by atoms with Crippen LogP contribution in [-0.4, -0.2) is 18.0 Å². The minimum Gasteiger partial charge on any atom is -0.253 e. The van der Waals surface area contributed by atoms with Crippen LogP contribution in [-0.2, 0) is 0 Å². The minimum atomic E-state index is -0.142. The molecule has 0 aliphatic heterocycles. The van der Waals surface area contributed by atoms with E-state index in [-0.39, 0.29) is 5.38 Å². The van der Waals surface area contributed by atoms with E-state index in [4.69, 9.17) is 11.6 Å². The third-order valence-electron chi connectivity index (χ3n) is 1.55. The van der Waals surface area contributed by atoms with E-state index in [0.717, 1.165) is 10.0 Å². The van der Waals surface area contributed by atoms with Crippen molar-refractivity contribution in [3.05, 3.63) is 22.3 Å². The molecule has 1 unspecified atom stereocenters. The van der Waals surface area contributed by atoms with E-state index in [2.05, 4.69) is 37.6 Å². The Morgan fingerprint density at radius 1 is 1.71 bits per heavy atom. The van der Waals surface area contributed by atoms with Gasteiger partial charge >= 0.3 is 0 Å². The number of hydrogen-bond donors (Lipinski definition) is 0. The normalized spacial score (nSPS) is 13.1. The number of pyridine rings is 1. The summed E-state index contributed by atoms with van der Waals surface area (Å²) in [5, 5.41) is -0.142. The van der Waals surface area contributed by atoms with Crippen molar-refractivity contribution in [3.8, 4) is 0 Å². The van der Waals surface area contributed by atoms with Crippen molar-refractivity contribution in [3.63, 3.8) is 0 Å². The Morgan fingerprint density at radius 2 is 2.43 bits per heavy atom. The van der Waals surface area contributed by atoms with Crippen LogP contribution in [0.15, 0.2) is 26.7 Å². The molecule has 1 atom stereocenters. The fourth-order valence-electron chi connectivity index (χ4n) is 0.944. The van der Waals surface area contributed by atoms with Crippen LogP contribution >= 0.6 is 27.5 Å². The average Bonchev–Trinajstić information content (AvgIpc) is 2.15. The third kappa shape index (κ3) is 2.89. The first kappa shape index (κ1) is 11.3. The molecule has 74 valence electrons. The van der Waals surface area contributed by atoms with E-state index in [9.17, 15) is 0 Å². The van der Waals surface area contributed by atoms with Crippen LogP contribution in [0.4, 0.5) is 5.82 Å². The highest BCUT2D eigenvalue weighted by molar-refractivity contribution is 9.10. The highest BCUT2D eigenvalue weighted by Gasteiger charge is 2.08. The smallest absolute Gasteiger partial charge is 0.158 e. The lowest BCUT2D eigenvalue weighted by Gasteiger charge is -2.06. The first-order chi connectivity index (χ1) is 6.65. The lowest BCUT2D eigenvalue weighted by atomic mass is 10.2. The molecule has 3 nitrogen and oxygen atoms in total. The maximum absolute atomic E-state index is 5.98. The van der Waals surface area contributed by atoms with E-state index in [1.807, 2.05) is 13.0 Å². The lowest BCUT2D eigenvalue weighted by molar-refractivity contribution is 1.05. The summed E-state index contributed by atoms with van der Waals surface area (Å²) in [6.45, 7) is 5.16. The molecular formula is C9H9BrClN3. The Bertz CT molecular complexity index is 363. The number of alkyl halides is 1. The van der Waals surface area contributed by atoms with Gasteiger partial charge in [-0.3, -0.25) is 4.99 Å². The molecule has 0 saturated heterocycles. The summed E-state index contributed by atoms with van der Waals surface area (Å²) in [6, 6.07) is 1.89. The number of aromatic nitrogens is 1. The topological polar surface area (TPSA) is 37.6 Å². The van der Waals surface area contributed by atoms with Crippen LogP contribution in [0.3, 0.4) is 0 Å². The molecule has 0 aliphatic carbocycles. The maximum atomic E-state index is 5.98. The third-order valence-corrected chi connectivity index (χ3v) is 2.22. The summed E-state index contributed by atoms with van der Waals surface area (Å²) in [4.78, 5) is 11.7. The van der Waals surface area contributed by atoms with Crippen LogP contribution in [0.2, 0.25) is 0 Å². The highest BCUT2D eigenvalue weighted by Crippen LogP contribution is 2.29. The van der Waals surface area contributed by atoms with Gasteiger partial charge in [-0.05, 0) is 35.6 Å². The summed E-state index contributed by atoms with van der Waals surface area (Å²) in [6.07, 6.45) is 3.01. The molecule has 1 aromatic heterocycles. The van der Waals surface area contributed by atoms with Gasteiger partial charge in [-0.1, -0.05) is 0 Å². The SMILES string of the molecule is C=NC=Nc1ncc(Br)cc1C(C)Cl. The molecule has 0 N–H and O–H groups in total. The number of rotatable bonds is 3. The van der Waals surface area contributed by atoms with Gasteiger partial charge in [0.05, 0.1) is 5.38 Å². The summed E-state index contributed by atoms with van der Waals surface area (Å²) >= 11 is 9.30. The molecule has 0 fully saturated rings. The molecule has 1 heterocycles. The predicted octanol–water partition coefficient (Wildman–Crippen LogP) is 3.50. The molecule has 5 heteroatoms. The predicted molar refractivity (Wildman–Crippen MR) is 63.9 cm³/mol. The van der Waals surface area contributed by atoms with E-state index in [0.29, 0.717) is 5.82 Å². The summed E-state index contributed by atoms with van der Waals surface area (Å²) in [7, 11) is 0. The molecule has 0 spiro atoms. The average molecular weight is 275 g/mol. The van der Waals surface area contributed by atoms with Gasteiger partial charge in [-0.15, -0.1) is 11.6 Å². The van der Waals surface area contributed by atoms with Crippen molar-refractivity contribution < 1.29 is 0 Å². The number of nitrogens with zero attached hydrogens (tertiary/aromatic N) is 3. The fourth-order valence-corrected chi connectivity index (χ4v) is 1.45. The largest absolute Gasteiger partial charge is 0.253 e. The van der Waals surface area contributed by atoms with Crippen LogP contribution < -0.4 is 0 Å². The first-order valence-corrected chi connectivity index (χ1v) is 5.16. The van der Waals surface area contributed by atoms with E-state index < -0.39 is 0 Å². The minimum absolute atomic E-state index is 0.142. The van der Waals surface area contributed by atoms with Crippen LogP contribution in [0, 0.1) is 0 Å². The van der Waals surface area contributed by atoms with E-state index in [1.54, 1.807) is 6.20 Å². The van der Waals surface area contributed by atoms with Crippen molar-refractivity contribution in [2.75, 3.05) is 0 Å². The Balaban J connectivity index is 3.14. The van der Waals surface area contributed by atoms with Gasteiger partial charge in [0.15, 0.2) is 5.82 Å². The van der Waals surface area contributed by atoms with Crippen LogP contribution in [0.1, 0.15) is 17.9 Å². The fraction of sp³-hybridized carbons (Fsp3) is 0.222. The number of halogens is 2. The first-order valence-electron chi connectivity index (χ1n) is 3.93. The van der Waals surface area contributed by atoms with Gasteiger partial charge in [-0.2, -0.15) is 0 Å². The van der Waals surface area contributed by atoms with Crippen molar-refractivity contribution >= 4 is 46.4 Å². The van der Waals surface area contributed by atoms with Crippen molar-refractivity contribution in [1.29, 1.82) is 0 Å². The zero-order chi connectivity index (χ0) is 10.6. The molecular weight excluding hydrogens is 265 g/mol. The molecule has 0 bridgehead atoms. The summed E-state index contributed by atoms with van der Waals surface area (Å²) < 4.78 is 0.880. The van der Waals surface area contributed by atoms with E-state index in [1.165, 1.54) is 6.34 Å². The van der Waals surface area contributed by atoms with Crippen molar-refractivity contribution in [2.24, 2.45) is 9.98 Å². The van der Waals surface area contributed by atoms with Gasteiger partial charge in [-0.25, -0.2) is 9.98 Å². The maximum Gasteiger partial charge on any atom is 0.158 e. The molecule has 0 aliphatic rings. The lowest BCUT2D eigenvalue weighted by Crippen LogP contribution is -1.88. The summed E-state index contributed by atoms with van der Waals surface area (Å²) in [5.41, 5.74) is 0.862. The van der Waals surface area contributed by atoms with Crippen LogP contribution in [0.25, 0.3) is 0 Å². The second-order valence-corrected chi connectivity index (χ2v) is 4.18. The Labute approximate surface area is 96.1 Å². The molecule has 14 heavy (non-hydrogen) atoms. The highest BCUT2D eigenvalue weighted by atomic mass is 79.9. The molecule has 0 aromatic carbocycles. The van der Waals surface area contributed by atoms with E-state index >= 15 is 0 Å². The Kier molecular flexibility index (Phi) is 4.22. The second-order valence-electron chi connectivity index (χ2n) is 2.61. The Morgan fingerprint density at radius 3 is 3.00 bits per heavy atom. The molecule has 0 amide bonds. The molecule has 1 rings (SSSR count). The number of hydrogen-bond acceptors (Lipinski definition) is 2. The van der Waals surface area contributed by atoms with Gasteiger partial charge in [0.1, 0.15) is 6.34 Å². The molecule has 0 radical (unpaired) electrons. The van der Waals surface area contributed by atoms with Gasteiger partial charge in [0, 0.05) is 16.2 Å². The van der Waals surface area contributed by atoms with Crippen molar-refractivity contribution in [2.45, 2.75) is 12.3 Å². The summed E-state index contributed by atoms with van der Waals surface area (Å²) in [5.74, 6) is 0.572. The standard InChI is InChI=1S/C9H9BrClN3/c1-6(11)8-3-7(10)4-13-9(8)14-5-12-2/h3-6H,2H2,1H3. The zero-order valence-electron chi connectivity index (χ0n) is 7.61. The second kappa shape index (κ2) is 5.22. The van der Waals surface area contributed by atoms with Crippen LogP contribution in [0.5, 0.6) is 0 Å². The number of aliphatic imine (C=N–C) groups is 2. The monoisotopic (exact) mass is 273 g/mol. The van der Waals surface area contributed by atoms with Gasteiger partial charge < -0.3 is 0 Å².